The summed E-state index contributed by atoms with van der Waals surface area (Å²) in [7, 11) is 0. The fourth-order valence-corrected chi connectivity index (χ4v) is 2.45. The summed E-state index contributed by atoms with van der Waals surface area (Å²) in [5.74, 6) is 6.56. The van der Waals surface area contributed by atoms with E-state index in [0.717, 1.165) is 24.4 Å². The Morgan fingerprint density at radius 1 is 0.947 bits per heavy atom. The second-order valence-corrected chi connectivity index (χ2v) is 4.89. The summed E-state index contributed by atoms with van der Waals surface area (Å²) in [6.45, 7) is 0. The Kier molecular flexibility index (Phi) is 3.05. The molecule has 0 spiro atoms. The molecule has 0 aliphatic heterocycles. The number of aliphatic imine (C=N–C) groups is 1. The van der Waals surface area contributed by atoms with Crippen molar-refractivity contribution in [3.63, 3.8) is 0 Å². The molecular formula is C16H17N3. The van der Waals surface area contributed by atoms with E-state index < -0.39 is 0 Å². The van der Waals surface area contributed by atoms with Crippen molar-refractivity contribution in [2.24, 2.45) is 10.8 Å². The van der Waals surface area contributed by atoms with E-state index in [1.54, 1.807) is 0 Å². The standard InChI is InChI=1S/C16H17N3/c17-19-15(18-14-9-5-2-6-10-14)16(11-12-16)13-7-3-1-4-8-13/h1-10H,11-12,17H2,(H,18,19). The summed E-state index contributed by atoms with van der Waals surface area (Å²) in [6.07, 6.45) is 2.18. The van der Waals surface area contributed by atoms with E-state index in [1.165, 1.54) is 5.56 Å². The molecule has 2 aromatic rings. The maximum Gasteiger partial charge on any atom is 0.127 e. The van der Waals surface area contributed by atoms with E-state index in [-0.39, 0.29) is 5.41 Å². The fraction of sp³-hybridized carbons (Fsp3) is 0.188. The lowest BCUT2D eigenvalue weighted by Crippen LogP contribution is -2.39. The Morgan fingerprint density at radius 2 is 1.53 bits per heavy atom. The topological polar surface area (TPSA) is 50.4 Å². The van der Waals surface area contributed by atoms with Crippen LogP contribution in [0.3, 0.4) is 0 Å². The van der Waals surface area contributed by atoms with Crippen molar-refractivity contribution < 1.29 is 0 Å². The van der Waals surface area contributed by atoms with E-state index in [0.29, 0.717) is 0 Å². The van der Waals surface area contributed by atoms with Crippen LogP contribution in [0, 0.1) is 0 Å². The first-order valence-electron chi connectivity index (χ1n) is 6.51. The number of nitrogens with zero attached hydrogens (tertiary/aromatic N) is 1. The number of hydrogen-bond donors (Lipinski definition) is 2. The van der Waals surface area contributed by atoms with Crippen LogP contribution in [0.15, 0.2) is 65.7 Å². The quantitative estimate of drug-likeness (QED) is 0.381. The van der Waals surface area contributed by atoms with Gasteiger partial charge < -0.3 is 5.43 Å². The van der Waals surface area contributed by atoms with Gasteiger partial charge in [-0.25, -0.2) is 10.8 Å². The van der Waals surface area contributed by atoms with Crippen LogP contribution >= 0.6 is 0 Å². The molecule has 1 saturated carbocycles. The van der Waals surface area contributed by atoms with Gasteiger partial charge in [-0.15, -0.1) is 0 Å². The summed E-state index contributed by atoms with van der Waals surface area (Å²) in [4.78, 5) is 4.67. The molecule has 3 heteroatoms. The number of nitrogens with two attached hydrogens (primary N) is 1. The van der Waals surface area contributed by atoms with Gasteiger partial charge in [-0.1, -0.05) is 48.5 Å². The van der Waals surface area contributed by atoms with E-state index in [2.05, 4.69) is 34.7 Å². The van der Waals surface area contributed by atoms with Crippen molar-refractivity contribution in [1.82, 2.24) is 5.43 Å². The monoisotopic (exact) mass is 251 g/mol. The van der Waals surface area contributed by atoms with Crippen LogP contribution in [0.25, 0.3) is 0 Å². The molecule has 1 aliphatic rings. The van der Waals surface area contributed by atoms with Crippen LogP contribution in [0.5, 0.6) is 0 Å². The smallest absolute Gasteiger partial charge is 0.127 e. The first kappa shape index (κ1) is 11.9. The highest BCUT2D eigenvalue weighted by molar-refractivity contribution is 5.97. The number of benzene rings is 2. The largest absolute Gasteiger partial charge is 0.311 e. The number of amidine groups is 1. The maximum absolute atomic E-state index is 5.70. The zero-order valence-corrected chi connectivity index (χ0v) is 10.7. The first-order chi connectivity index (χ1) is 9.35. The third-order valence-corrected chi connectivity index (χ3v) is 3.66. The van der Waals surface area contributed by atoms with Crippen molar-refractivity contribution in [1.29, 1.82) is 0 Å². The van der Waals surface area contributed by atoms with Gasteiger partial charge in [0.1, 0.15) is 5.84 Å². The summed E-state index contributed by atoms with van der Waals surface area (Å²) in [5.41, 5.74) is 4.99. The molecule has 2 aromatic carbocycles. The third-order valence-electron chi connectivity index (χ3n) is 3.66. The molecule has 0 aromatic heterocycles. The van der Waals surface area contributed by atoms with Crippen LogP contribution in [0.4, 0.5) is 5.69 Å². The predicted octanol–water partition coefficient (Wildman–Crippen LogP) is 2.91. The lowest BCUT2D eigenvalue weighted by atomic mass is 9.94. The molecule has 1 fully saturated rings. The van der Waals surface area contributed by atoms with Crippen molar-refractivity contribution in [2.45, 2.75) is 18.3 Å². The Labute approximate surface area is 113 Å². The number of rotatable bonds is 3. The molecule has 96 valence electrons. The zero-order chi connectivity index (χ0) is 13.1. The Morgan fingerprint density at radius 3 is 2.05 bits per heavy atom. The third kappa shape index (κ3) is 2.25. The summed E-state index contributed by atoms with van der Waals surface area (Å²) in [6, 6.07) is 20.4. The Balaban J connectivity index is 1.97. The Hall–Kier alpha value is -2.13. The number of hydrogen-bond acceptors (Lipinski definition) is 2. The van der Waals surface area contributed by atoms with Gasteiger partial charge in [0.15, 0.2) is 0 Å². The van der Waals surface area contributed by atoms with Crippen molar-refractivity contribution in [2.75, 3.05) is 0 Å². The molecule has 0 radical (unpaired) electrons. The van der Waals surface area contributed by atoms with Crippen LogP contribution in [-0.2, 0) is 5.41 Å². The molecule has 0 atom stereocenters. The summed E-state index contributed by atoms with van der Waals surface area (Å²) >= 11 is 0. The van der Waals surface area contributed by atoms with E-state index in [1.807, 2.05) is 36.4 Å². The Bertz CT molecular complexity index is 571. The average molecular weight is 251 g/mol. The SMILES string of the molecule is NNC(=Nc1ccccc1)C1(c2ccccc2)CC1. The summed E-state index contributed by atoms with van der Waals surface area (Å²) < 4.78 is 0. The molecule has 0 amide bonds. The van der Waals surface area contributed by atoms with Crippen molar-refractivity contribution >= 4 is 11.5 Å². The van der Waals surface area contributed by atoms with Crippen LogP contribution in [-0.4, -0.2) is 5.84 Å². The highest BCUT2D eigenvalue weighted by Gasteiger charge is 2.49. The first-order valence-corrected chi connectivity index (χ1v) is 6.51. The molecule has 0 heterocycles. The lowest BCUT2D eigenvalue weighted by molar-refractivity contribution is 0.854. The van der Waals surface area contributed by atoms with Gasteiger partial charge in [0.2, 0.25) is 0 Å². The minimum absolute atomic E-state index is 0.0220. The van der Waals surface area contributed by atoms with Crippen LogP contribution in [0.1, 0.15) is 18.4 Å². The second kappa shape index (κ2) is 4.86. The van der Waals surface area contributed by atoms with E-state index >= 15 is 0 Å². The average Bonchev–Trinajstić information content (AvgIpc) is 3.28. The van der Waals surface area contributed by atoms with Gasteiger partial charge in [0, 0.05) is 0 Å². The molecule has 0 saturated heterocycles. The van der Waals surface area contributed by atoms with Gasteiger partial charge in [0.05, 0.1) is 11.1 Å². The van der Waals surface area contributed by atoms with Crippen molar-refractivity contribution in [3.05, 3.63) is 66.2 Å². The number of nitrogens with one attached hydrogen (secondary N) is 1. The van der Waals surface area contributed by atoms with Gasteiger partial charge >= 0.3 is 0 Å². The summed E-state index contributed by atoms with van der Waals surface area (Å²) in [5, 5.41) is 0. The van der Waals surface area contributed by atoms with E-state index in [9.17, 15) is 0 Å². The molecule has 19 heavy (non-hydrogen) atoms. The minimum Gasteiger partial charge on any atom is -0.311 e. The number of hydrazine groups is 1. The highest BCUT2D eigenvalue weighted by atomic mass is 15.3. The van der Waals surface area contributed by atoms with Gasteiger partial charge in [-0.05, 0) is 30.5 Å². The molecule has 1 aliphatic carbocycles. The highest BCUT2D eigenvalue weighted by Crippen LogP contribution is 2.49. The molecule has 3 N–H and O–H groups in total. The van der Waals surface area contributed by atoms with Crippen LogP contribution in [0.2, 0.25) is 0 Å². The normalized spacial score (nSPS) is 17.0. The second-order valence-electron chi connectivity index (χ2n) is 4.89. The minimum atomic E-state index is -0.0220. The van der Waals surface area contributed by atoms with Crippen LogP contribution < -0.4 is 11.3 Å². The molecule has 3 rings (SSSR count). The predicted molar refractivity (Wildman–Crippen MR) is 78.2 cm³/mol. The van der Waals surface area contributed by atoms with Crippen molar-refractivity contribution in [3.8, 4) is 0 Å². The van der Waals surface area contributed by atoms with Gasteiger partial charge in [0.25, 0.3) is 0 Å². The van der Waals surface area contributed by atoms with Gasteiger partial charge in [-0.3, -0.25) is 0 Å². The van der Waals surface area contributed by atoms with E-state index in [4.69, 9.17) is 5.84 Å². The fourth-order valence-electron chi connectivity index (χ4n) is 2.45. The molecule has 0 unspecified atom stereocenters. The molecular weight excluding hydrogens is 234 g/mol. The maximum atomic E-state index is 5.70. The number of para-hydroxylation sites is 1. The lowest BCUT2D eigenvalue weighted by Gasteiger charge is -2.18. The van der Waals surface area contributed by atoms with Gasteiger partial charge in [-0.2, -0.15) is 0 Å². The molecule has 3 nitrogen and oxygen atoms in total. The molecule has 0 bridgehead atoms. The zero-order valence-electron chi connectivity index (χ0n) is 10.7.